The summed E-state index contributed by atoms with van der Waals surface area (Å²) in [6.07, 6.45) is 1.93. The number of aryl methyl sites for hydroxylation is 1. The maximum Gasteiger partial charge on any atom is 0.286 e. The number of thioether (sulfide) groups is 1. The molecular weight excluding hydrogens is 282 g/mol. The van der Waals surface area contributed by atoms with Crippen LogP contribution in [-0.2, 0) is 4.79 Å². The molecule has 0 saturated carbocycles. The van der Waals surface area contributed by atoms with Crippen LogP contribution in [0.2, 0.25) is 0 Å². The van der Waals surface area contributed by atoms with Gasteiger partial charge in [0.1, 0.15) is 0 Å². The van der Waals surface area contributed by atoms with Crippen LogP contribution >= 0.6 is 11.8 Å². The van der Waals surface area contributed by atoms with E-state index in [-0.39, 0.29) is 5.91 Å². The summed E-state index contributed by atoms with van der Waals surface area (Å²) in [5.41, 5.74) is 2.27. The number of carbonyl (C=O) groups is 1. The van der Waals surface area contributed by atoms with Gasteiger partial charge >= 0.3 is 0 Å². The highest BCUT2D eigenvalue weighted by Crippen LogP contribution is 2.30. The second kappa shape index (κ2) is 6.03. The summed E-state index contributed by atoms with van der Waals surface area (Å²) in [5, 5.41) is 0.853. The first-order chi connectivity index (χ1) is 10.1. The van der Waals surface area contributed by atoms with Gasteiger partial charge in [0.15, 0.2) is 5.17 Å². The van der Waals surface area contributed by atoms with E-state index in [9.17, 15) is 4.79 Å². The average molecular weight is 301 g/mol. The molecule has 1 amide bonds. The van der Waals surface area contributed by atoms with Crippen LogP contribution in [0.15, 0.2) is 34.2 Å². The molecule has 0 bridgehead atoms. The Bertz CT molecular complexity index is 598. The first-order valence-electron chi connectivity index (χ1n) is 7.14. The smallest absolute Gasteiger partial charge is 0.286 e. The van der Waals surface area contributed by atoms with Crippen molar-refractivity contribution >= 4 is 28.9 Å². The fourth-order valence-electron chi connectivity index (χ4n) is 2.35. The highest BCUT2D eigenvalue weighted by molar-refractivity contribution is 8.18. The molecule has 2 aliphatic heterocycles. The van der Waals surface area contributed by atoms with Gasteiger partial charge in [-0.3, -0.25) is 4.79 Å². The number of benzene rings is 1. The van der Waals surface area contributed by atoms with Gasteiger partial charge < -0.3 is 9.80 Å². The minimum absolute atomic E-state index is 0.116. The second-order valence-electron chi connectivity index (χ2n) is 5.51. The number of amidine groups is 1. The minimum atomic E-state index is -0.116. The summed E-state index contributed by atoms with van der Waals surface area (Å²) in [5.74, 6) is -0.116. The molecule has 0 aliphatic carbocycles. The molecule has 1 saturated heterocycles. The fourth-order valence-corrected chi connectivity index (χ4v) is 3.31. The van der Waals surface area contributed by atoms with E-state index in [4.69, 9.17) is 0 Å². The van der Waals surface area contributed by atoms with Gasteiger partial charge in [-0.15, -0.1) is 0 Å². The molecule has 1 aromatic rings. The zero-order valence-corrected chi connectivity index (χ0v) is 13.2. The third kappa shape index (κ3) is 3.36. The van der Waals surface area contributed by atoms with Crippen molar-refractivity contribution in [3.63, 3.8) is 0 Å². The summed E-state index contributed by atoms with van der Waals surface area (Å²) in [4.78, 5) is 21.5. The topological polar surface area (TPSA) is 35.9 Å². The van der Waals surface area contributed by atoms with Gasteiger partial charge in [-0.1, -0.05) is 29.8 Å². The van der Waals surface area contributed by atoms with Crippen molar-refractivity contribution in [2.75, 3.05) is 33.2 Å². The summed E-state index contributed by atoms with van der Waals surface area (Å²) in [7, 11) is 2.12. The summed E-state index contributed by atoms with van der Waals surface area (Å²) >= 11 is 1.49. The van der Waals surface area contributed by atoms with Gasteiger partial charge in [-0.25, -0.2) is 0 Å². The zero-order chi connectivity index (χ0) is 14.8. The van der Waals surface area contributed by atoms with Crippen LogP contribution in [0.3, 0.4) is 0 Å². The zero-order valence-electron chi connectivity index (χ0n) is 12.4. The minimum Gasteiger partial charge on any atom is -0.348 e. The van der Waals surface area contributed by atoms with Crippen molar-refractivity contribution in [3.8, 4) is 0 Å². The molecule has 1 aromatic carbocycles. The predicted molar refractivity (Wildman–Crippen MR) is 88.3 cm³/mol. The van der Waals surface area contributed by atoms with Crippen molar-refractivity contribution < 1.29 is 4.79 Å². The van der Waals surface area contributed by atoms with E-state index in [1.54, 1.807) is 0 Å². The van der Waals surface area contributed by atoms with E-state index in [1.807, 2.05) is 18.2 Å². The first-order valence-corrected chi connectivity index (χ1v) is 7.96. The lowest BCUT2D eigenvalue weighted by Crippen LogP contribution is -2.46. The molecule has 110 valence electrons. The van der Waals surface area contributed by atoms with Crippen molar-refractivity contribution in [2.24, 2.45) is 4.99 Å². The molecule has 21 heavy (non-hydrogen) atoms. The number of piperazine rings is 1. The van der Waals surface area contributed by atoms with Crippen molar-refractivity contribution in [2.45, 2.75) is 6.92 Å². The lowest BCUT2D eigenvalue weighted by atomic mass is 10.1. The van der Waals surface area contributed by atoms with E-state index in [0.29, 0.717) is 4.91 Å². The molecule has 0 unspecified atom stereocenters. The summed E-state index contributed by atoms with van der Waals surface area (Å²) in [6.45, 7) is 5.97. The van der Waals surface area contributed by atoms with Gasteiger partial charge in [-0.2, -0.15) is 4.99 Å². The molecule has 1 fully saturated rings. The highest BCUT2D eigenvalue weighted by atomic mass is 32.2. The van der Waals surface area contributed by atoms with Gasteiger partial charge in [0, 0.05) is 26.2 Å². The molecule has 0 spiro atoms. The highest BCUT2D eigenvalue weighted by Gasteiger charge is 2.27. The van der Waals surface area contributed by atoms with Crippen LogP contribution in [-0.4, -0.2) is 54.1 Å². The van der Waals surface area contributed by atoms with Crippen molar-refractivity contribution in [3.05, 3.63) is 40.3 Å². The van der Waals surface area contributed by atoms with E-state index in [1.165, 1.54) is 17.3 Å². The first kappa shape index (κ1) is 14.4. The van der Waals surface area contributed by atoms with Crippen LogP contribution < -0.4 is 0 Å². The van der Waals surface area contributed by atoms with Crippen LogP contribution in [0.25, 0.3) is 6.08 Å². The SMILES string of the molecule is Cc1ccc(C=C2SC(N3CCN(C)CC3)=NC2=O)cc1. The predicted octanol–water partition coefficient (Wildman–Crippen LogP) is 2.21. The number of amides is 1. The lowest BCUT2D eigenvalue weighted by Gasteiger charge is -2.32. The fraction of sp³-hybridized carbons (Fsp3) is 0.375. The number of aliphatic imine (C=N–C) groups is 1. The van der Waals surface area contributed by atoms with Crippen molar-refractivity contribution in [1.29, 1.82) is 0 Å². The monoisotopic (exact) mass is 301 g/mol. The maximum absolute atomic E-state index is 12.0. The Balaban J connectivity index is 1.71. The number of rotatable bonds is 1. The van der Waals surface area contributed by atoms with Crippen LogP contribution in [0.5, 0.6) is 0 Å². The Hall–Kier alpha value is -1.59. The van der Waals surface area contributed by atoms with Crippen LogP contribution in [0, 0.1) is 6.92 Å². The normalized spacial score (nSPS) is 22.0. The molecule has 0 atom stereocenters. The molecular formula is C16H19N3OS. The number of hydrogen-bond donors (Lipinski definition) is 0. The Morgan fingerprint density at radius 3 is 2.48 bits per heavy atom. The van der Waals surface area contributed by atoms with Crippen molar-refractivity contribution in [1.82, 2.24) is 9.80 Å². The molecule has 5 heteroatoms. The van der Waals surface area contributed by atoms with E-state index < -0.39 is 0 Å². The Labute approximate surface area is 129 Å². The van der Waals surface area contributed by atoms with Gasteiger partial charge in [0.25, 0.3) is 5.91 Å². The largest absolute Gasteiger partial charge is 0.348 e. The number of hydrogen-bond acceptors (Lipinski definition) is 4. The Morgan fingerprint density at radius 2 is 1.81 bits per heavy atom. The second-order valence-corrected chi connectivity index (χ2v) is 6.52. The van der Waals surface area contributed by atoms with Crippen LogP contribution in [0.1, 0.15) is 11.1 Å². The maximum atomic E-state index is 12.0. The Morgan fingerprint density at radius 1 is 1.14 bits per heavy atom. The Kier molecular flexibility index (Phi) is 4.12. The van der Waals surface area contributed by atoms with Gasteiger partial charge in [-0.05, 0) is 37.4 Å². The quantitative estimate of drug-likeness (QED) is 0.745. The molecule has 0 aromatic heterocycles. The number of nitrogens with zero attached hydrogens (tertiary/aromatic N) is 3. The summed E-state index contributed by atoms with van der Waals surface area (Å²) < 4.78 is 0. The number of carbonyl (C=O) groups excluding carboxylic acids is 1. The van der Waals surface area contributed by atoms with E-state index in [2.05, 4.69) is 40.9 Å². The van der Waals surface area contributed by atoms with E-state index >= 15 is 0 Å². The third-order valence-corrected chi connectivity index (χ3v) is 4.80. The average Bonchev–Trinajstić information content (AvgIpc) is 2.83. The molecule has 0 radical (unpaired) electrons. The van der Waals surface area contributed by atoms with Gasteiger partial charge in [0.05, 0.1) is 4.91 Å². The van der Waals surface area contributed by atoms with Gasteiger partial charge in [0.2, 0.25) is 0 Å². The lowest BCUT2D eigenvalue weighted by molar-refractivity contribution is -0.113. The summed E-state index contributed by atoms with van der Waals surface area (Å²) in [6, 6.07) is 8.17. The number of likely N-dealkylation sites (N-methyl/N-ethyl adjacent to an activating group) is 1. The third-order valence-electron chi connectivity index (χ3n) is 3.76. The standard InChI is InChI=1S/C16H19N3OS/c1-12-3-5-13(6-4-12)11-14-15(20)17-16(21-14)19-9-7-18(2)8-10-19/h3-6,11H,7-10H2,1-2H3. The van der Waals surface area contributed by atoms with E-state index in [0.717, 1.165) is 36.9 Å². The molecule has 2 heterocycles. The molecule has 0 N–H and O–H groups in total. The van der Waals surface area contributed by atoms with Crippen LogP contribution in [0.4, 0.5) is 0 Å². The molecule has 3 rings (SSSR count). The molecule has 4 nitrogen and oxygen atoms in total. The molecule has 2 aliphatic rings.